The summed E-state index contributed by atoms with van der Waals surface area (Å²) in [6, 6.07) is 3.29. The van der Waals surface area contributed by atoms with Crippen molar-refractivity contribution >= 4 is 36.0 Å². The number of carbonyl (C=O) groups excluding carboxylic acids is 1. The maximum absolute atomic E-state index is 13.0. The Bertz CT molecular complexity index is 948. The Morgan fingerprint density at radius 2 is 2.19 bits per heavy atom. The fraction of sp³-hybridized carbons (Fsp3) is 0.476. The second kappa shape index (κ2) is 10.9. The number of anilines is 2. The van der Waals surface area contributed by atoms with Crippen molar-refractivity contribution in [1.29, 1.82) is 0 Å². The first-order valence-electron chi connectivity index (χ1n) is 10.3. The summed E-state index contributed by atoms with van der Waals surface area (Å²) in [6.45, 7) is 3.38. The van der Waals surface area contributed by atoms with E-state index in [1.54, 1.807) is 14.0 Å². The van der Waals surface area contributed by atoms with Gasteiger partial charge in [0.25, 0.3) is 11.9 Å². The second-order valence-electron chi connectivity index (χ2n) is 7.62. The zero-order chi connectivity index (χ0) is 23.1. The molecule has 11 heteroatoms. The van der Waals surface area contributed by atoms with Crippen molar-refractivity contribution in [3.63, 3.8) is 0 Å². The van der Waals surface area contributed by atoms with E-state index in [1.807, 2.05) is 6.21 Å². The third-order valence-corrected chi connectivity index (χ3v) is 6.14. The van der Waals surface area contributed by atoms with E-state index in [9.17, 15) is 18.0 Å². The maximum atomic E-state index is 13.0. The van der Waals surface area contributed by atoms with Gasteiger partial charge in [-0.05, 0) is 62.4 Å². The number of nitrogens with zero attached hydrogens (tertiary/aromatic N) is 3. The molecule has 0 radical (unpaired) electrons. The van der Waals surface area contributed by atoms with Crippen LogP contribution < -0.4 is 10.0 Å². The number of alkyl halides is 3. The molecule has 1 aliphatic rings. The SMILES string of the molecule is CN=CCC1CCCN(SNC(=O)c2coc(Nc3cc(C(F)(F)F)ccc3C)n2)CC1. The number of carbonyl (C=O) groups is 1. The number of halogens is 3. The van der Waals surface area contributed by atoms with Crippen LogP contribution in [0.4, 0.5) is 24.9 Å². The van der Waals surface area contributed by atoms with E-state index in [2.05, 4.69) is 24.3 Å². The van der Waals surface area contributed by atoms with Crippen molar-refractivity contribution in [2.45, 2.75) is 38.8 Å². The second-order valence-corrected chi connectivity index (χ2v) is 8.52. The van der Waals surface area contributed by atoms with Crippen LogP contribution in [0.1, 0.15) is 47.3 Å². The Balaban J connectivity index is 1.54. The lowest BCUT2D eigenvalue weighted by atomic mass is 9.98. The zero-order valence-corrected chi connectivity index (χ0v) is 18.7. The third kappa shape index (κ3) is 6.73. The largest absolute Gasteiger partial charge is 0.431 e. The standard InChI is InChI=1S/C21H26F3N5O2S/c1-14-5-6-16(21(22,23)24)12-17(14)26-20-27-18(13-31-20)19(30)28-32-29-10-3-4-15(8-11-29)7-9-25-2/h5-6,9,12-13,15H,3-4,7-8,10-11H2,1-2H3,(H,26,27)(H,28,30). The molecule has 1 amide bonds. The molecule has 1 aromatic heterocycles. The zero-order valence-electron chi connectivity index (χ0n) is 17.9. The van der Waals surface area contributed by atoms with Crippen molar-refractivity contribution in [3.8, 4) is 0 Å². The maximum Gasteiger partial charge on any atom is 0.416 e. The molecule has 2 heterocycles. The van der Waals surface area contributed by atoms with E-state index in [1.165, 1.54) is 24.5 Å². The predicted molar refractivity (Wildman–Crippen MR) is 119 cm³/mol. The van der Waals surface area contributed by atoms with Gasteiger partial charge in [0.2, 0.25) is 0 Å². The number of aryl methyl sites for hydroxylation is 1. The molecule has 1 atom stereocenters. The molecule has 1 aliphatic heterocycles. The summed E-state index contributed by atoms with van der Waals surface area (Å²) in [7, 11) is 1.78. The fourth-order valence-corrected chi connectivity index (χ4v) is 4.10. The smallest absolute Gasteiger partial charge is 0.416 e. The van der Waals surface area contributed by atoms with Gasteiger partial charge in [-0.3, -0.25) is 9.52 Å². The first kappa shape index (κ1) is 24.1. The van der Waals surface area contributed by atoms with Gasteiger partial charge in [-0.25, -0.2) is 4.31 Å². The van der Waals surface area contributed by atoms with Crippen LogP contribution in [-0.2, 0) is 6.18 Å². The van der Waals surface area contributed by atoms with E-state index in [0.29, 0.717) is 11.5 Å². The molecule has 0 aliphatic carbocycles. The number of amides is 1. The van der Waals surface area contributed by atoms with Crippen LogP contribution in [0.2, 0.25) is 0 Å². The number of rotatable bonds is 7. The van der Waals surface area contributed by atoms with Gasteiger partial charge >= 0.3 is 6.18 Å². The van der Waals surface area contributed by atoms with Crippen LogP contribution in [0.25, 0.3) is 0 Å². The summed E-state index contributed by atoms with van der Waals surface area (Å²) in [6.07, 6.45) is 2.84. The number of oxazole rings is 1. The number of aromatic nitrogens is 1. The van der Waals surface area contributed by atoms with E-state index in [4.69, 9.17) is 4.42 Å². The molecule has 0 bridgehead atoms. The molecule has 3 rings (SSSR count). The van der Waals surface area contributed by atoms with Crippen molar-refractivity contribution in [1.82, 2.24) is 14.0 Å². The number of benzene rings is 1. The molecular formula is C21H26F3N5O2S. The van der Waals surface area contributed by atoms with Crippen LogP contribution in [0.3, 0.4) is 0 Å². The van der Waals surface area contributed by atoms with Gasteiger partial charge in [-0.2, -0.15) is 18.2 Å². The predicted octanol–water partition coefficient (Wildman–Crippen LogP) is 5.23. The Morgan fingerprint density at radius 1 is 1.38 bits per heavy atom. The normalized spacial score (nSPS) is 18.0. The fourth-order valence-electron chi connectivity index (χ4n) is 3.36. The van der Waals surface area contributed by atoms with Gasteiger partial charge in [-0.15, -0.1) is 0 Å². The minimum absolute atomic E-state index is 0.0384. The summed E-state index contributed by atoms with van der Waals surface area (Å²) in [5, 5.41) is 2.71. The number of hydrogen-bond donors (Lipinski definition) is 2. The average molecular weight is 470 g/mol. The molecule has 32 heavy (non-hydrogen) atoms. The molecule has 1 aromatic carbocycles. The molecule has 0 spiro atoms. The highest BCUT2D eigenvalue weighted by Gasteiger charge is 2.31. The molecule has 2 aromatic rings. The summed E-state index contributed by atoms with van der Waals surface area (Å²) in [4.78, 5) is 20.5. The Hall–Kier alpha value is -2.53. The quantitative estimate of drug-likeness (QED) is 0.427. The van der Waals surface area contributed by atoms with E-state index in [0.717, 1.165) is 50.9 Å². The van der Waals surface area contributed by atoms with Crippen LogP contribution in [0, 0.1) is 12.8 Å². The first-order chi connectivity index (χ1) is 15.3. The minimum atomic E-state index is -4.46. The van der Waals surface area contributed by atoms with E-state index >= 15 is 0 Å². The number of nitrogens with one attached hydrogen (secondary N) is 2. The number of aliphatic imine (C=N–C) groups is 1. The Labute approximate surface area is 189 Å². The third-order valence-electron chi connectivity index (χ3n) is 5.24. The first-order valence-corrected chi connectivity index (χ1v) is 11.1. The highest BCUT2D eigenvalue weighted by Crippen LogP contribution is 2.33. The lowest BCUT2D eigenvalue weighted by Gasteiger charge is -2.18. The van der Waals surface area contributed by atoms with Crippen molar-refractivity contribution in [2.24, 2.45) is 10.9 Å². The van der Waals surface area contributed by atoms with Gasteiger partial charge < -0.3 is 14.7 Å². The molecular weight excluding hydrogens is 443 g/mol. The van der Waals surface area contributed by atoms with Crippen LogP contribution in [0.15, 0.2) is 33.9 Å². The molecule has 1 fully saturated rings. The summed E-state index contributed by atoms with van der Waals surface area (Å²) in [5.74, 6) is 0.162. The summed E-state index contributed by atoms with van der Waals surface area (Å²) >= 11 is 1.23. The van der Waals surface area contributed by atoms with E-state index in [-0.39, 0.29) is 17.4 Å². The number of hydrogen-bond acceptors (Lipinski definition) is 7. The highest BCUT2D eigenvalue weighted by molar-refractivity contribution is 7.95. The Kier molecular flexibility index (Phi) is 8.19. The monoisotopic (exact) mass is 469 g/mol. The van der Waals surface area contributed by atoms with Crippen molar-refractivity contribution in [2.75, 3.05) is 25.5 Å². The topological polar surface area (TPSA) is 82.8 Å². The van der Waals surface area contributed by atoms with Crippen molar-refractivity contribution in [3.05, 3.63) is 41.3 Å². The van der Waals surface area contributed by atoms with Gasteiger partial charge in [0, 0.05) is 38.0 Å². The average Bonchev–Trinajstić information content (AvgIpc) is 3.10. The minimum Gasteiger partial charge on any atom is -0.431 e. The summed E-state index contributed by atoms with van der Waals surface area (Å²) < 4.78 is 49.0. The summed E-state index contributed by atoms with van der Waals surface area (Å²) in [5.41, 5.74) is 0.0438. The molecule has 1 unspecified atom stereocenters. The van der Waals surface area contributed by atoms with Gasteiger partial charge in [0.05, 0.1) is 5.56 Å². The lowest BCUT2D eigenvalue weighted by molar-refractivity contribution is -0.137. The van der Waals surface area contributed by atoms with Crippen LogP contribution in [-0.4, -0.2) is 41.5 Å². The van der Waals surface area contributed by atoms with E-state index < -0.39 is 17.6 Å². The van der Waals surface area contributed by atoms with Gasteiger partial charge in [0.15, 0.2) is 5.69 Å². The van der Waals surface area contributed by atoms with Gasteiger partial charge in [0.1, 0.15) is 6.26 Å². The molecule has 0 saturated carbocycles. The Morgan fingerprint density at radius 3 is 2.94 bits per heavy atom. The molecule has 7 nitrogen and oxygen atoms in total. The van der Waals surface area contributed by atoms with Crippen LogP contribution in [0.5, 0.6) is 0 Å². The molecule has 1 saturated heterocycles. The van der Waals surface area contributed by atoms with Crippen LogP contribution >= 0.6 is 12.1 Å². The molecule has 2 N–H and O–H groups in total. The highest BCUT2D eigenvalue weighted by atomic mass is 32.2. The lowest BCUT2D eigenvalue weighted by Crippen LogP contribution is -2.26. The van der Waals surface area contributed by atoms with Gasteiger partial charge in [-0.1, -0.05) is 6.07 Å². The van der Waals surface area contributed by atoms with Crippen molar-refractivity contribution < 1.29 is 22.4 Å². The molecule has 174 valence electrons.